The highest BCUT2D eigenvalue weighted by molar-refractivity contribution is 7.88. The van der Waals surface area contributed by atoms with Crippen LogP contribution in [0.5, 0.6) is 0 Å². The zero-order chi connectivity index (χ0) is 17.3. The van der Waals surface area contributed by atoms with Gasteiger partial charge in [0.05, 0.1) is 11.7 Å². The first-order valence-corrected chi connectivity index (χ1v) is 9.87. The lowest BCUT2D eigenvalue weighted by Crippen LogP contribution is -2.61. The topological polar surface area (TPSA) is 121 Å². The first-order valence-electron chi connectivity index (χ1n) is 7.55. The molecule has 11 heteroatoms. The van der Waals surface area contributed by atoms with Crippen molar-refractivity contribution in [3.63, 3.8) is 0 Å². The van der Waals surface area contributed by atoms with Gasteiger partial charge in [0.25, 0.3) is 11.8 Å². The Morgan fingerprint density at radius 1 is 1.33 bits per heavy atom. The zero-order valence-corrected chi connectivity index (χ0v) is 14.6. The summed E-state index contributed by atoms with van der Waals surface area (Å²) in [7, 11) is -4.17. The molecular formula is C13H17N5O4S2. The fourth-order valence-corrected chi connectivity index (χ4v) is 4.78. The third-order valence-corrected chi connectivity index (χ3v) is 6.18. The van der Waals surface area contributed by atoms with Crippen LogP contribution in [-0.4, -0.2) is 41.3 Å². The van der Waals surface area contributed by atoms with E-state index in [1.165, 1.54) is 11.3 Å². The first-order chi connectivity index (χ1) is 11.4. The van der Waals surface area contributed by atoms with E-state index in [0.29, 0.717) is 18.0 Å². The minimum absolute atomic E-state index is 0.415. The maximum atomic E-state index is 12.6. The van der Waals surface area contributed by atoms with Gasteiger partial charge in [0, 0.05) is 5.38 Å². The molecule has 130 valence electrons. The van der Waals surface area contributed by atoms with E-state index in [-0.39, 0.29) is 0 Å². The second-order valence-corrected chi connectivity index (χ2v) is 8.10. The number of nitrogens with zero attached hydrogens (tertiary/aromatic N) is 3. The van der Waals surface area contributed by atoms with Gasteiger partial charge in [0.1, 0.15) is 0 Å². The first kappa shape index (κ1) is 16.8. The monoisotopic (exact) mass is 371 g/mol. The van der Waals surface area contributed by atoms with Crippen molar-refractivity contribution in [2.45, 2.75) is 45.1 Å². The second kappa shape index (κ2) is 6.48. The highest BCUT2D eigenvalue weighted by Crippen LogP contribution is 2.26. The summed E-state index contributed by atoms with van der Waals surface area (Å²) in [5.74, 6) is -1.93. The summed E-state index contributed by atoms with van der Waals surface area (Å²) < 4.78 is 27.1. The molecule has 1 aromatic rings. The summed E-state index contributed by atoms with van der Waals surface area (Å²) >= 11 is 1.27. The summed E-state index contributed by atoms with van der Waals surface area (Å²) in [6, 6.07) is -0.441. The van der Waals surface area contributed by atoms with Crippen LogP contribution >= 0.6 is 11.3 Å². The molecule has 0 spiro atoms. The van der Waals surface area contributed by atoms with E-state index in [4.69, 9.17) is 0 Å². The number of aryl methyl sites for hydroxylation is 1. The predicted octanol–water partition coefficient (Wildman–Crippen LogP) is 0.755. The third kappa shape index (κ3) is 3.26. The van der Waals surface area contributed by atoms with E-state index in [2.05, 4.69) is 15.5 Å². The minimum Gasteiger partial charge on any atom is -0.266 e. The van der Waals surface area contributed by atoms with Gasteiger partial charge in [-0.1, -0.05) is 19.3 Å². The summed E-state index contributed by atoms with van der Waals surface area (Å²) in [5, 5.41) is 5.98. The van der Waals surface area contributed by atoms with Crippen molar-refractivity contribution >= 4 is 44.2 Å². The van der Waals surface area contributed by atoms with Crippen molar-refractivity contribution in [1.82, 2.24) is 14.0 Å². The van der Waals surface area contributed by atoms with Gasteiger partial charge in [0.2, 0.25) is 10.8 Å². The highest BCUT2D eigenvalue weighted by Gasteiger charge is 2.45. The Hall–Kier alpha value is -2.01. The van der Waals surface area contributed by atoms with Crippen molar-refractivity contribution in [2.24, 2.45) is 5.10 Å². The van der Waals surface area contributed by atoms with Gasteiger partial charge >= 0.3 is 10.2 Å². The van der Waals surface area contributed by atoms with Crippen molar-refractivity contribution in [3.8, 4) is 0 Å². The van der Waals surface area contributed by atoms with Crippen LogP contribution in [0, 0.1) is 6.92 Å². The molecule has 1 aromatic heterocycles. The summed E-state index contributed by atoms with van der Waals surface area (Å²) in [6.45, 7) is 1.80. The van der Waals surface area contributed by atoms with E-state index >= 15 is 0 Å². The van der Waals surface area contributed by atoms with E-state index < -0.39 is 33.8 Å². The Balaban J connectivity index is 1.87. The molecule has 1 aliphatic heterocycles. The van der Waals surface area contributed by atoms with E-state index in [1.54, 1.807) is 12.3 Å². The average molecular weight is 371 g/mol. The average Bonchev–Trinajstić information content (AvgIpc) is 2.92. The second-order valence-electron chi connectivity index (χ2n) is 5.70. The maximum absolute atomic E-state index is 12.6. The number of carbonyl (C=O) groups excluding carboxylic acids is 2. The lowest BCUT2D eigenvalue weighted by molar-refractivity contribution is -0.124. The number of hydrogen-bond acceptors (Lipinski definition) is 8. The number of nitrogens with one attached hydrogen (secondary N) is 2. The Morgan fingerprint density at radius 2 is 2.04 bits per heavy atom. The standard InChI is InChI=1S/C13H17N5O4S2/c1-8-7-23-13(14-8)16-15-10-11(19)17-24(21,22)18(12(10)20)9-5-3-2-4-6-9/h7,9H,2-6H2,1H3,(H,14,16)(H,17,19). The molecule has 1 saturated carbocycles. The quantitative estimate of drug-likeness (QED) is 0.757. The van der Waals surface area contributed by atoms with Crippen LogP contribution in [0.25, 0.3) is 0 Å². The number of aromatic nitrogens is 1. The minimum atomic E-state index is -4.17. The molecule has 2 heterocycles. The number of amides is 2. The van der Waals surface area contributed by atoms with E-state index in [9.17, 15) is 18.0 Å². The predicted molar refractivity (Wildman–Crippen MR) is 88.7 cm³/mol. The molecule has 0 radical (unpaired) electrons. The Morgan fingerprint density at radius 3 is 2.67 bits per heavy atom. The maximum Gasteiger partial charge on any atom is 0.329 e. The van der Waals surface area contributed by atoms with Gasteiger partial charge in [-0.05, 0) is 19.8 Å². The molecule has 2 N–H and O–H groups in total. The lowest BCUT2D eigenvalue weighted by Gasteiger charge is -2.35. The van der Waals surface area contributed by atoms with Gasteiger partial charge < -0.3 is 0 Å². The highest BCUT2D eigenvalue weighted by atomic mass is 32.2. The fourth-order valence-electron chi connectivity index (χ4n) is 2.81. The Labute approximate surface area is 143 Å². The largest absolute Gasteiger partial charge is 0.329 e. The molecule has 9 nitrogen and oxygen atoms in total. The van der Waals surface area contributed by atoms with Crippen LogP contribution in [0.15, 0.2) is 10.5 Å². The van der Waals surface area contributed by atoms with Crippen molar-refractivity contribution in [2.75, 3.05) is 5.43 Å². The van der Waals surface area contributed by atoms with Crippen LogP contribution in [0.4, 0.5) is 5.13 Å². The number of thiazole rings is 1. The molecule has 2 amide bonds. The number of rotatable bonds is 3. The van der Waals surface area contributed by atoms with Crippen LogP contribution in [-0.2, 0) is 19.8 Å². The third-order valence-electron chi connectivity index (χ3n) is 3.89. The normalized spacial score (nSPS) is 23.4. The summed E-state index contributed by atoms with van der Waals surface area (Å²) in [4.78, 5) is 28.6. The zero-order valence-electron chi connectivity index (χ0n) is 13.0. The number of hydrazone groups is 1. The summed E-state index contributed by atoms with van der Waals surface area (Å²) in [6.07, 6.45) is 3.89. The molecular weight excluding hydrogens is 354 g/mol. The smallest absolute Gasteiger partial charge is 0.266 e. The molecule has 2 aliphatic rings. The van der Waals surface area contributed by atoms with Gasteiger partial charge in [-0.2, -0.15) is 13.5 Å². The molecule has 0 aromatic carbocycles. The van der Waals surface area contributed by atoms with Crippen LogP contribution in [0.2, 0.25) is 0 Å². The fraction of sp³-hybridized carbons (Fsp3) is 0.538. The van der Waals surface area contributed by atoms with E-state index in [1.807, 2.05) is 4.72 Å². The number of hydrogen-bond donors (Lipinski definition) is 2. The number of anilines is 1. The molecule has 3 rings (SSSR count). The number of carbonyl (C=O) groups is 2. The SMILES string of the molecule is Cc1csc(NN=C2C(=O)NS(=O)(=O)N(C3CCCCC3)C2=O)n1. The van der Waals surface area contributed by atoms with Gasteiger partial charge in [-0.25, -0.2) is 14.0 Å². The van der Waals surface area contributed by atoms with Gasteiger partial charge in [0.15, 0.2) is 0 Å². The molecule has 2 fully saturated rings. The van der Waals surface area contributed by atoms with Gasteiger partial charge in [-0.3, -0.25) is 15.0 Å². The van der Waals surface area contributed by atoms with Crippen molar-refractivity contribution < 1.29 is 18.0 Å². The Kier molecular flexibility index (Phi) is 4.54. The van der Waals surface area contributed by atoms with Crippen LogP contribution in [0.3, 0.4) is 0 Å². The van der Waals surface area contributed by atoms with Crippen LogP contribution < -0.4 is 10.1 Å². The molecule has 24 heavy (non-hydrogen) atoms. The van der Waals surface area contributed by atoms with Crippen molar-refractivity contribution in [1.29, 1.82) is 0 Å². The van der Waals surface area contributed by atoms with Crippen LogP contribution in [0.1, 0.15) is 37.8 Å². The van der Waals surface area contributed by atoms with E-state index in [0.717, 1.165) is 29.3 Å². The lowest BCUT2D eigenvalue weighted by atomic mass is 9.95. The molecule has 1 saturated heterocycles. The summed E-state index contributed by atoms with van der Waals surface area (Å²) in [5.41, 5.74) is 2.83. The molecule has 0 bridgehead atoms. The Bertz CT molecular complexity index is 795. The molecule has 1 aliphatic carbocycles. The molecule has 0 unspecified atom stereocenters. The molecule has 0 atom stereocenters. The van der Waals surface area contributed by atoms with Crippen molar-refractivity contribution in [3.05, 3.63) is 11.1 Å². The van der Waals surface area contributed by atoms with Gasteiger partial charge in [-0.15, -0.1) is 11.3 Å².